The lowest BCUT2D eigenvalue weighted by Gasteiger charge is -2.44. The van der Waals surface area contributed by atoms with Crippen LogP contribution < -0.4 is 5.32 Å². The fourth-order valence-corrected chi connectivity index (χ4v) is 4.38. The Balaban J connectivity index is 1.56. The summed E-state index contributed by atoms with van der Waals surface area (Å²) >= 11 is 0. The SMILES string of the molecule is CC(CC(=O)N1CCOC2CCCCC21)C1CCNCC1. The van der Waals surface area contributed by atoms with Crippen LogP contribution in [0.1, 0.15) is 51.9 Å². The molecule has 0 spiro atoms. The van der Waals surface area contributed by atoms with Crippen LogP contribution in [0, 0.1) is 11.8 Å². The Hall–Kier alpha value is -0.610. The largest absolute Gasteiger partial charge is 0.374 e. The third-order valence-electron chi connectivity index (χ3n) is 5.74. The molecule has 0 aromatic carbocycles. The summed E-state index contributed by atoms with van der Waals surface area (Å²) in [5, 5.41) is 3.41. The number of carbonyl (C=O) groups is 1. The zero-order valence-electron chi connectivity index (χ0n) is 13.4. The summed E-state index contributed by atoms with van der Waals surface area (Å²) in [6.45, 7) is 6.04. The molecule has 3 aliphatic rings. The molecule has 3 atom stereocenters. The van der Waals surface area contributed by atoms with Gasteiger partial charge >= 0.3 is 0 Å². The number of nitrogens with zero attached hydrogens (tertiary/aromatic N) is 1. The topological polar surface area (TPSA) is 41.6 Å². The summed E-state index contributed by atoms with van der Waals surface area (Å²) in [5.41, 5.74) is 0. The van der Waals surface area contributed by atoms with Gasteiger partial charge in [-0.15, -0.1) is 0 Å². The number of nitrogens with one attached hydrogen (secondary N) is 1. The van der Waals surface area contributed by atoms with Crippen molar-refractivity contribution in [2.75, 3.05) is 26.2 Å². The number of fused-ring (bicyclic) bond motifs is 1. The molecule has 21 heavy (non-hydrogen) atoms. The molecule has 0 aromatic heterocycles. The molecule has 1 saturated carbocycles. The van der Waals surface area contributed by atoms with Crippen LogP contribution in [0.15, 0.2) is 0 Å². The highest BCUT2D eigenvalue weighted by molar-refractivity contribution is 5.77. The number of hydrogen-bond donors (Lipinski definition) is 1. The van der Waals surface area contributed by atoms with E-state index in [0.29, 0.717) is 24.0 Å². The van der Waals surface area contributed by atoms with Gasteiger partial charge in [-0.1, -0.05) is 19.8 Å². The van der Waals surface area contributed by atoms with Gasteiger partial charge in [0.1, 0.15) is 0 Å². The van der Waals surface area contributed by atoms with Gasteiger partial charge in [0.15, 0.2) is 0 Å². The van der Waals surface area contributed by atoms with E-state index in [-0.39, 0.29) is 0 Å². The van der Waals surface area contributed by atoms with Crippen LogP contribution in [0.5, 0.6) is 0 Å². The van der Waals surface area contributed by atoms with Crippen LogP contribution in [0.3, 0.4) is 0 Å². The summed E-state index contributed by atoms with van der Waals surface area (Å²) in [4.78, 5) is 14.9. The summed E-state index contributed by atoms with van der Waals surface area (Å²) in [7, 11) is 0. The van der Waals surface area contributed by atoms with Gasteiger partial charge in [0, 0.05) is 13.0 Å². The fraction of sp³-hybridized carbons (Fsp3) is 0.941. The molecule has 3 unspecified atom stereocenters. The van der Waals surface area contributed by atoms with Gasteiger partial charge in [-0.05, 0) is 50.6 Å². The number of carbonyl (C=O) groups excluding carboxylic acids is 1. The molecule has 2 heterocycles. The summed E-state index contributed by atoms with van der Waals surface area (Å²) in [5.74, 6) is 1.61. The Kier molecular flexibility index (Phi) is 5.17. The maximum atomic E-state index is 12.8. The molecular formula is C17H30N2O2. The van der Waals surface area contributed by atoms with E-state index in [0.717, 1.165) is 51.4 Å². The predicted molar refractivity (Wildman–Crippen MR) is 83.1 cm³/mol. The van der Waals surface area contributed by atoms with Crippen molar-refractivity contribution >= 4 is 5.91 Å². The number of piperidine rings is 1. The van der Waals surface area contributed by atoms with Crippen LogP contribution in [0.25, 0.3) is 0 Å². The quantitative estimate of drug-likeness (QED) is 0.867. The van der Waals surface area contributed by atoms with Crippen molar-refractivity contribution in [3.05, 3.63) is 0 Å². The number of rotatable bonds is 3. The fourth-order valence-electron chi connectivity index (χ4n) is 4.38. The lowest BCUT2D eigenvalue weighted by Crippen LogP contribution is -2.55. The van der Waals surface area contributed by atoms with E-state index in [9.17, 15) is 4.79 Å². The van der Waals surface area contributed by atoms with Gasteiger partial charge in [0.2, 0.25) is 5.91 Å². The maximum absolute atomic E-state index is 12.8. The van der Waals surface area contributed by atoms with Gasteiger partial charge < -0.3 is 15.0 Å². The van der Waals surface area contributed by atoms with Crippen LogP contribution >= 0.6 is 0 Å². The van der Waals surface area contributed by atoms with E-state index in [1.807, 2.05) is 0 Å². The smallest absolute Gasteiger partial charge is 0.223 e. The molecule has 1 N–H and O–H groups in total. The Morgan fingerprint density at radius 3 is 2.81 bits per heavy atom. The average Bonchev–Trinajstić information content (AvgIpc) is 2.55. The lowest BCUT2D eigenvalue weighted by atomic mass is 9.83. The first-order valence-corrected chi connectivity index (χ1v) is 8.87. The van der Waals surface area contributed by atoms with Crippen molar-refractivity contribution in [3.63, 3.8) is 0 Å². The molecule has 120 valence electrons. The van der Waals surface area contributed by atoms with Gasteiger partial charge in [-0.2, -0.15) is 0 Å². The van der Waals surface area contributed by atoms with E-state index in [2.05, 4.69) is 17.1 Å². The monoisotopic (exact) mass is 294 g/mol. The minimum Gasteiger partial charge on any atom is -0.374 e. The van der Waals surface area contributed by atoms with Crippen LogP contribution in [0.4, 0.5) is 0 Å². The van der Waals surface area contributed by atoms with E-state index in [4.69, 9.17) is 4.74 Å². The molecule has 3 fully saturated rings. The zero-order valence-corrected chi connectivity index (χ0v) is 13.4. The van der Waals surface area contributed by atoms with Crippen molar-refractivity contribution in [2.24, 2.45) is 11.8 Å². The molecule has 4 heteroatoms. The number of morpholine rings is 1. The van der Waals surface area contributed by atoms with Crippen molar-refractivity contribution in [2.45, 2.75) is 64.0 Å². The third-order valence-corrected chi connectivity index (χ3v) is 5.74. The van der Waals surface area contributed by atoms with Crippen LogP contribution in [-0.4, -0.2) is 49.2 Å². The molecule has 1 amide bonds. The Morgan fingerprint density at radius 2 is 2.00 bits per heavy atom. The van der Waals surface area contributed by atoms with Gasteiger partial charge in [0.05, 0.1) is 18.8 Å². The first-order valence-electron chi connectivity index (χ1n) is 8.87. The molecule has 2 saturated heterocycles. The van der Waals surface area contributed by atoms with Crippen LogP contribution in [-0.2, 0) is 9.53 Å². The third kappa shape index (κ3) is 3.59. The lowest BCUT2D eigenvalue weighted by molar-refractivity contribution is -0.150. The molecule has 0 radical (unpaired) electrons. The number of ether oxygens (including phenoxy) is 1. The Labute approximate surface area is 128 Å². The second-order valence-corrected chi connectivity index (χ2v) is 7.12. The number of hydrogen-bond acceptors (Lipinski definition) is 3. The molecule has 0 aromatic rings. The maximum Gasteiger partial charge on any atom is 0.223 e. The van der Waals surface area contributed by atoms with Gasteiger partial charge in [-0.25, -0.2) is 0 Å². The van der Waals surface area contributed by atoms with Gasteiger partial charge in [0.25, 0.3) is 0 Å². The number of amides is 1. The second-order valence-electron chi connectivity index (χ2n) is 7.12. The van der Waals surface area contributed by atoms with Crippen molar-refractivity contribution in [1.29, 1.82) is 0 Å². The highest BCUT2D eigenvalue weighted by atomic mass is 16.5. The average molecular weight is 294 g/mol. The van der Waals surface area contributed by atoms with E-state index in [1.54, 1.807) is 0 Å². The molecule has 0 bridgehead atoms. The highest BCUT2D eigenvalue weighted by Gasteiger charge is 2.37. The molecular weight excluding hydrogens is 264 g/mol. The van der Waals surface area contributed by atoms with Crippen LogP contribution in [0.2, 0.25) is 0 Å². The zero-order chi connectivity index (χ0) is 14.7. The van der Waals surface area contributed by atoms with Crippen molar-refractivity contribution in [3.8, 4) is 0 Å². The first kappa shape index (κ1) is 15.3. The normalized spacial score (nSPS) is 32.5. The Morgan fingerprint density at radius 1 is 1.24 bits per heavy atom. The van der Waals surface area contributed by atoms with Gasteiger partial charge in [-0.3, -0.25) is 4.79 Å². The minimum atomic E-state index is 0.311. The molecule has 3 rings (SSSR count). The van der Waals surface area contributed by atoms with Crippen molar-refractivity contribution in [1.82, 2.24) is 10.2 Å². The molecule has 4 nitrogen and oxygen atoms in total. The van der Waals surface area contributed by atoms with E-state index < -0.39 is 0 Å². The molecule has 2 aliphatic heterocycles. The standard InChI is InChI=1S/C17H30N2O2/c1-13(14-6-8-18-9-7-14)12-17(20)19-10-11-21-16-5-3-2-4-15(16)19/h13-16,18H,2-12H2,1H3. The summed E-state index contributed by atoms with van der Waals surface area (Å²) < 4.78 is 5.88. The first-order chi connectivity index (χ1) is 10.3. The van der Waals surface area contributed by atoms with E-state index >= 15 is 0 Å². The molecule has 1 aliphatic carbocycles. The van der Waals surface area contributed by atoms with E-state index in [1.165, 1.54) is 25.7 Å². The predicted octanol–water partition coefficient (Wildman–Crippen LogP) is 2.18. The second kappa shape index (κ2) is 7.10. The summed E-state index contributed by atoms with van der Waals surface area (Å²) in [6, 6.07) is 0.361. The Bertz CT molecular complexity index is 353. The highest BCUT2D eigenvalue weighted by Crippen LogP contribution is 2.31. The summed E-state index contributed by atoms with van der Waals surface area (Å²) in [6.07, 6.45) is 8.27. The minimum absolute atomic E-state index is 0.311. The van der Waals surface area contributed by atoms with Crippen molar-refractivity contribution < 1.29 is 9.53 Å².